The van der Waals surface area contributed by atoms with Gasteiger partial charge in [0.25, 0.3) is 11.5 Å². The Bertz CT molecular complexity index is 1080. The fraction of sp³-hybridized carbons (Fsp3) is 0.217. The summed E-state index contributed by atoms with van der Waals surface area (Å²) in [7, 11) is 0. The van der Waals surface area contributed by atoms with E-state index in [0.29, 0.717) is 17.9 Å². The van der Waals surface area contributed by atoms with Crippen LogP contribution in [-0.4, -0.2) is 41.1 Å². The molecule has 2 aromatic carbocycles. The molecule has 0 fully saturated rings. The van der Waals surface area contributed by atoms with Crippen molar-refractivity contribution in [2.75, 3.05) is 19.7 Å². The second-order valence-corrected chi connectivity index (χ2v) is 6.66. The van der Waals surface area contributed by atoms with Gasteiger partial charge >= 0.3 is 0 Å². The Labute approximate surface area is 179 Å². The minimum absolute atomic E-state index is 0.141. The molecule has 0 spiro atoms. The largest absolute Gasteiger partial charge is 0.494 e. The number of rotatable bonds is 9. The van der Waals surface area contributed by atoms with Crippen LogP contribution in [0.4, 0.5) is 0 Å². The van der Waals surface area contributed by atoms with E-state index in [2.05, 4.69) is 15.6 Å². The van der Waals surface area contributed by atoms with Gasteiger partial charge in [0.05, 0.1) is 25.2 Å². The highest BCUT2D eigenvalue weighted by Crippen LogP contribution is 2.19. The van der Waals surface area contributed by atoms with E-state index in [1.807, 2.05) is 37.3 Å². The summed E-state index contributed by atoms with van der Waals surface area (Å²) in [5.74, 6) is 0.104. The Morgan fingerprint density at radius 2 is 1.77 bits per heavy atom. The molecule has 0 atom stereocenters. The zero-order valence-corrected chi connectivity index (χ0v) is 17.2. The Balaban J connectivity index is 1.47. The van der Waals surface area contributed by atoms with Gasteiger partial charge in [0.15, 0.2) is 0 Å². The highest BCUT2D eigenvalue weighted by molar-refractivity contribution is 5.96. The summed E-state index contributed by atoms with van der Waals surface area (Å²) in [6.07, 6.45) is 1.46. The highest BCUT2D eigenvalue weighted by Gasteiger charge is 2.08. The van der Waals surface area contributed by atoms with E-state index >= 15 is 0 Å². The molecular formula is C23H24N4O4. The zero-order chi connectivity index (χ0) is 22.1. The third-order valence-electron chi connectivity index (χ3n) is 4.46. The van der Waals surface area contributed by atoms with Gasteiger partial charge in [-0.15, -0.1) is 0 Å². The van der Waals surface area contributed by atoms with Crippen molar-refractivity contribution in [3.8, 4) is 17.0 Å². The van der Waals surface area contributed by atoms with Gasteiger partial charge in [0, 0.05) is 30.3 Å². The van der Waals surface area contributed by atoms with Crippen LogP contribution in [0.5, 0.6) is 5.75 Å². The molecule has 8 heteroatoms. The number of hydrogen-bond acceptors (Lipinski definition) is 5. The van der Waals surface area contributed by atoms with Crippen molar-refractivity contribution in [2.45, 2.75) is 13.5 Å². The smallest absolute Gasteiger partial charge is 0.253 e. The normalized spacial score (nSPS) is 10.4. The maximum atomic E-state index is 12.4. The predicted molar refractivity (Wildman–Crippen MR) is 117 cm³/mol. The van der Waals surface area contributed by atoms with Crippen molar-refractivity contribution < 1.29 is 14.3 Å². The summed E-state index contributed by atoms with van der Waals surface area (Å²) >= 11 is 0. The highest BCUT2D eigenvalue weighted by atomic mass is 16.5. The van der Waals surface area contributed by atoms with Crippen molar-refractivity contribution in [3.63, 3.8) is 0 Å². The Kier molecular flexibility index (Phi) is 7.53. The number of aromatic nitrogens is 2. The van der Waals surface area contributed by atoms with Gasteiger partial charge in [-0.2, -0.15) is 0 Å². The molecule has 0 radical (unpaired) electrons. The first-order valence-corrected chi connectivity index (χ1v) is 9.96. The van der Waals surface area contributed by atoms with Gasteiger partial charge in [0.2, 0.25) is 5.91 Å². The SMILES string of the molecule is CCOc1ccc(-c2cc(=O)n(CCNC(=O)CNC(=O)c3ccccc3)cn2)cc1. The third kappa shape index (κ3) is 6.27. The lowest BCUT2D eigenvalue weighted by Crippen LogP contribution is -2.38. The summed E-state index contributed by atoms with van der Waals surface area (Å²) in [4.78, 5) is 40.6. The van der Waals surface area contributed by atoms with E-state index in [4.69, 9.17) is 4.74 Å². The number of nitrogens with zero attached hydrogens (tertiary/aromatic N) is 2. The molecule has 31 heavy (non-hydrogen) atoms. The second kappa shape index (κ2) is 10.7. The van der Waals surface area contributed by atoms with Crippen LogP contribution in [0, 0.1) is 0 Å². The zero-order valence-electron chi connectivity index (χ0n) is 17.2. The number of carbonyl (C=O) groups excluding carboxylic acids is 2. The molecule has 0 aliphatic carbocycles. The molecule has 0 aliphatic heterocycles. The average molecular weight is 420 g/mol. The standard InChI is InChI=1S/C23H24N4O4/c1-2-31-19-10-8-17(9-11-19)20-14-22(29)27(16-26-20)13-12-24-21(28)15-25-23(30)18-6-4-3-5-7-18/h3-11,14,16H,2,12-13,15H2,1H3,(H,24,28)(H,25,30). The van der Waals surface area contributed by atoms with Crippen LogP contribution < -0.4 is 20.9 Å². The Morgan fingerprint density at radius 1 is 1.03 bits per heavy atom. The molecule has 3 rings (SSSR count). The number of nitrogens with one attached hydrogen (secondary N) is 2. The van der Waals surface area contributed by atoms with E-state index in [9.17, 15) is 14.4 Å². The minimum Gasteiger partial charge on any atom is -0.494 e. The summed E-state index contributed by atoms with van der Waals surface area (Å²) in [5, 5.41) is 5.23. The topological polar surface area (TPSA) is 102 Å². The van der Waals surface area contributed by atoms with E-state index in [1.54, 1.807) is 24.3 Å². The van der Waals surface area contributed by atoms with E-state index in [0.717, 1.165) is 11.3 Å². The lowest BCUT2D eigenvalue weighted by molar-refractivity contribution is -0.120. The Morgan fingerprint density at radius 3 is 2.45 bits per heavy atom. The van der Waals surface area contributed by atoms with Gasteiger partial charge in [-0.3, -0.25) is 19.0 Å². The van der Waals surface area contributed by atoms with E-state index < -0.39 is 0 Å². The lowest BCUT2D eigenvalue weighted by Gasteiger charge is -2.09. The first-order valence-electron chi connectivity index (χ1n) is 9.96. The third-order valence-corrected chi connectivity index (χ3v) is 4.46. The van der Waals surface area contributed by atoms with Crippen LogP contribution in [0.25, 0.3) is 11.3 Å². The van der Waals surface area contributed by atoms with Gasteiger partial charge in [-0.25, -0.2) is 4.98 Å². The quantitative estimate of drug-likeness (QED) is 0.550. The molecule has 1 aromatic heterocycles. The molecule has 0 saturated heterocycles. The Hall–Kier alpha value is -3.94. The summed E-state index contributed by atoms with van der Waals surface area (Å²) in [6.45, 7) is 2.87. The molecule has 8 nitrogen and oxygen atoms in total. The van der Waals surface area contributed by atoms with Crippen LogP contribution in [0.2, 0.25) is 0 Å². The fourth-order valence-corrected chi connectivity index (χ4v) is 2.87. The minimum atomic E-state index is -0.337. The maximum absolute atomic E-state index is 12.4. The molecule has 3 aromatic rings. The van der Waals surface area contributed by atoms with Crippen molar-refractivity contribution in [1.82, 2.24) is 20.2 Å². The van der Waals surface area contributed by atoms with Gasteiger partial charge < -0.3 is 15.4 Å². The van der Waals surface area contributed by atoms with Crippen LogP contribution >= 0.6 is 0 Å². The molecule has 0 unspecified atom stereocenters. The van der Waals surface area contributed by atoms with Gasteiger partial charge in [0.1, 0.15) is 5.75 Å². The van der Waals surface area contributed by atoms with Crippen molar-refractivity contribution in [1.29, 1.82) is 0 Å². The molecule has 160 valence electrons. The summed E-state index contributed by atoms with van der Waals surface area (Å²) in [5.41, 5.74) is 1.65. The molecule has 2 amide bonds. The molecule has 0 saturated carbocycles. The fourth-order valence-electron chi connectivity index (χ4n) is 2.87. The maximum Gasteiger partial charge on any atom is 0.253 e. The predicted octanol–water partition coefficient (Wildman–Crippen LogP) is 1.86. The van der Waals surface area contributed by atoms with Crippen LogP contribution in [0.15, 0.2) is 71.8 Å². The monoisotopic (exact) mass is 420 g/mol. The van der Waals surface area contributed by atoms with Crippen molar-refractivity contribution in [2.24, 2.45) is 0 Å². The lowest BCUT2D eigenvalue weighted by atomic mass is 10.1. The average Bonchev–Trinajstić information content (AvgIpc) is 2.80. The summed E-state index contributed by atoms with van der Waals surface area (Å²) in [6, 6.07) is 17.5. The van der Waals surface area contributed by atoms with Crippen LogP contribution in [-0.2, 0) is 11.3 Å². The molecule has 0 bridgehead atoms. The molecular weight excluding hydrogens is 396 g/mol. The number of hydrogen-bond donors (Lipinski definition) is 2. The van der Waals surface area contributed by atoms with Crippen molar-refractivity contribution in [3.05, 3.63) is 82.9 Å². The summed E-state index contributed by atoms with van der Waals surface area (Å²) < 4.78 is 6.83. The van der Waals surface area contributed by atoms with E-state index in [-0.39, 0.29) is 37.0 Å². The van der Waals surface area contributed by atoms with Gasteiger partial charge in [-0.05, 0) is 43.3 Å². The molecule has 2 N–H and O–H groups in total. The second-order valence-electron chi connectivity index (χ2n) is 6.66. The number of amides is 2. The van der Waals surface area contributed by atoms with E-state index in [1.165, 1.54) is 17.0 Å². The van der Waals surface area contributed by atoms with Crippen molar-refractivity contribution >= 4 is 11.8 Å². The number of ether oxygens (including phenoxy) is 1. The van der Waals surface area contributed by atoms with Crippen LogP contribution in [0.1, 0.15) is 17.3 Å². The van der Waals surface area contributed by atoms with Gasteiger partial charge in [-0.1, -0.05) is 18.2 Å². The number of carbonyl (C=O) groups is 2. The number of benzene rings is 2. The first-order chi connectivity index (χ1) is 15.1. The van der Waals surface area contributed by atoms with Crippen LogP contribution in [0.3, 0.4) is 0 Å². The molecule has 0 aliphatic rings. The first kappa shape index (κ1) is 21.8. The molecule has 1 heterocycles.